The van der Waals surface area contributed by atoms with E-state index in [1.807, 2.05) is 19.1 Å². The van der Waals surface area contributed by atoms with Gasteiger partial charge in [0.15, 0.2) is 0 Å². The van der Waals surface area contributed by atoms with Gasteiger partial charge in [-0.3, -0.25) is 0 Å². The summed E-state index contributed by atoms with van der Waals surface area (Å²) in [4.78, 5) is 0. The van der Waals surface area contributed by atoms with Crippen LogP contribution in [0.5, 0.6) is 5.75 Å². The molecule has 0 radical (unpaired) electrons. The first-order valence-corrected chi connectivity index (χ1v) is 5.35. The summed E-state index contributed by atoms with van der Waals surface area (Å²) in [6.45, 7) is 1.91. The van der Waals surface area contributed by atoms with Crippen molar-refractivity contribution in [3.05, 3.63) is 53.6 Å². The van der Waals surface area contributed by atoms with Crippen molar-refractivity contribution in [1.29, 1.82) is 0 Å². The standard InChI is InChI=1S/C14H11F3O/c1-9-2-4-10(5-3-9)12-7-6-11(8-13(12)18)14(15,16)17/h2-8,18H,1H3. The maximum Gasteiger partial charge on any atom is 0.416 e. The first kappa shape index (κ1) is 12.5. The average molecular weight is 252 g/mol. The number of rotatable bonds is 1. The summed E-state index contributed by atoms with van der Waals surface area (Å²) in [5, 5.41) is 9.68. The van der Waals surface area contributed by atoms with Crippen LogP contribution in [0.25, 0.3) is 11.1 Å². The van der Waals surface area contributed by atoms with E-state index in [0.29, 0.717) is 11.1 Å². The van der Waals surface area contributed by atoms with E-state index >= 15 is 0 Å². The number of hydrogen-bond donors (Lipinski definition) is 1. The van der Waals surface area contributed by atoms with E-state index in [-0.39, 0.29) is 5.75 Å². The highest BCUT2D eigenvalue weighted by molar-refractivity contribution is 5.70. The van der Waals surface area contributed by atoms with Crippen LogP contribution < -0.4 is 0 Å². The Balaban J connectivity index is 2.45. The highest BCUT2D eigenvalue weighted by Crippen LogP contribution is 2.36. The summed E-state index contributed by atoms with van der Waals surface area (Å²) in [6.07, 6.45) is -4.44. The van der Waals surface area contributed by atoms with Crippen molar-refractivity contribution in [3.8, 4) is 16.9 Å². The number of benzene rings is 2. The van der Waals surface area contributed by atoms with Gasteiger partial charge in [-0.15, -0.1) is 0 Å². The van der Waals surface area contributed by atoms with Gasteiger partial charge < -0.3 is 5.11 Å². The van der Waals surface area contributed by atoms with Crippen molar-refractivity contribution in [2.45, 2.75) is 13.1 Å². The third kappa shape index (κ3) is 2.47. The van der Waals surface area contributed by atoms with Crippen LogP contribution in [0, 0.1) is 6.92 Å². The molecule has 2 rings (SSSR count). The SMILES string of the molecule is Cc1ccc(-c2ccc(C(F)(F)F)cc2O)cc1. The summed E-state index contributed by atoms with van der Waals surface area (Å²) in [5.74, 6) is -0.367. The lowest BCUT2D eigenvalue weighted by Crippen LogP contribution is -2.04. The smallest absolute Gasteiger partial charge is 0.416 e. The number of alkyl halides is 3. The Labute approximate surface area is 103 Å². The fourth-order valence-electron chi connectivity index (χ4n) is 1.69. The van der Waals surface area contributed by atoms with Gasteiger partial charge in [-0.2, -0.15) is 13.2 Å². The van der Waals surface area contributed by atoms with Gasteiger partial charge in [0.25, 0.3) is 0 Å². The average Bonchev–Trinajstić information content (AvgIpc) is 2.29. The Morgan fingerprint density at radius 3 is 2.06 bits per heavy atom. The number of phenols is 1. The van der Waals surface area contributed by atoms with E-state index in [1.54, 1.807) is 12.1 Å². The lowest BCUT2D eigenvalue weighted by Gasteiger charge is -2.10. The van der Waals surface area contributed by atoms with Crippen LogP contribution in [0.15, 0.2) is 42.5 Å². The molecule has 0 atom stereocenters. The van der Waals surface area contributed by atoms with Crippen molar-refractivity contribution < 1.29 is 18.3 Å². The molecular weight excluding hydrogens is 241 g/mol. The monoisotopic (exact) mass is 252 g/mol. The number of aryl methyl sites for hydroxylation is 1. The first-order chi connectivity index (χ1) is 8.38. The molecule has 0 aliphatic rings. The van der Waals surface area contributed by atoms with Crippen LogP contribution in [0.2, 0.25) is 0 Å². The lowest BCUT2D eigenvalue weighted by molar-refractivity contribution is -0.137. The number of aromatic hydroxyl groups is 1. The van der Waals surface area contributed by atoms with Gasteiger partial charge in [-0.1, -0.05) is 35.9 Å². The Kier molecular flexibility index (Phi) is 3.03. The van der Waals surface area contributed by atoms with Crippen LogP contribution in [-0.2, 0) is 6.18 Å². The molecule has 2 aromatic rings. The minimum absolute atomic E-state index is 0.367. The molecule has 0 saturated heterocycles. The molecule has 0 fully saturated rings. The Morgan fingerprint density at radius 2 is 1.56 bits per heavy atom. The molecule has 4 heteroatoms. The Morgan fingerprint density at radius 1 is 0.944 bits per heavy atom. The minimum Gasteiger partial charge on any atom is -0.507 e. The van der Waals surface area contributed by atoms with Gasteiger partial charge >= 0.3 is 6.18 Å². The lowest BCUT2D eigenvalue weighted by atomic mass is 10.0. The van der Waals surface area contributed by atoms with E-state index in [1.165, 1.54) is 6.07 Å². The molecule has 2 aromatic carbocycles. The molecule has 18 heavy (non-hydrogen) atoms. The molecule has 1 nitrogen and oxygen atoms in total. The van der Waals surface area contributed by atoms with Crippen molar-refractivity contribution in [3.63, 3.8) is 0 Å². The van der Waals surface area contributed by atoms with Crippen LogP contribution in [-0.4, -0.2) is 5.11 Å². The predicted molar refractivity (Wildman–Crippen MR) is 63.3 cm³/mol. The predicted octanol–water partition coefficient (Wildman–Crippen LogP) is 4.39. The summed E-state index contributed by atoms with van der Waals surface area (Å²) in [5.41, 5.74) is 1.27. The van der Waals surface area contributed by atoms with Crippen LogP contribution in [0.1, 0.15) is 11.1 Å². The second-order valence-corrected chi connectivity index (χ2v) is 4.10. The fourth-order valence-corrected chi connectivity index (χ4v) is 1.69. The van der Waals surface area contributed by atoms with Gasteiger partial charge in [0.05, 0.1) is 5.56 Å². The van der Waals surface area contributed by atoms with E-state index in [0.717, 1.165) is 17.7 Å². The quantitative estimate of drug-likeness (QED) is 0.798. The summed E-state index contributed by atoms with van der Waals surface area (Å²) < 4.78 is 37.3. The van der Waals surface area contributed by atoms with Crippen molar-refractivity contribution in [2.24, 2.45) is 0 Å². The van der Waals surface area contributed by atoms with Gasteiger partial charge in [-0.25, -0.2) is 0 Å². The third-order valence-corrected chi connectivity index (χ3v) is 2.69. The zero-order chi connectivity index (χ0) is 13.3. The maximum absolute atomic E-state index is 12.4. The molecule has 0 aliphatic carbocycles. The molecule has 0 unspecified atom stereocenters. The largest absolute Gasteiger partial charge is 0.507 e. The van der Waals surface area contributed by atoms with Crippen molar-refractivity contribution >= 4 is 0 Å². The first-order valence-electron chi connectivity index (χ1n) is 5.35. The Bertz CT molecular complexity index is 556. The molecule has 0 heterocycles. The minimum atomic E-state index is -4.44. The zero-order valence-corrected chi connectivity index (χ0v) is 9.62. The second kappa shape index (κ2) is 4.37. The van der Waals surface area contributed by atoms with Crippen molar-refractivity contribution in [1.82, 2.24) is 0 Å². The highest BCUT2D eigenvalue weighted by atomic mass is 19.4. The van der Waals surface area contributed by atoms with Gasteiger partial charge in [-0.05, 0) is 24.6 Å². The zero-order valence-electron chi connectivity index (χ0n) is 9.62. The molecular formula is C14H11F3O. The molecule has 0 aromatic heterocycles. The van der Waals surface area contributed by atoms with E-state index in [9.17, 15) is 18.3 Å². The second-order valence-electron chi connectivity index (χ2n) is 4.10. The summed E-state index contributed by atoms with van der Waals surface area (Å²) in [7, 11) is 0. The number of hydrogen-bond acceptors (Lipinski definition) is 1. The van der Waals surface area contributed by atoms with Crippen LogP contribution >= 0.6 is 0 Å². The molecule has 0 bridgehead atoms. The molecule has 0 amide bonds. The Hall–Kier alpha value is -1.97. The van der Waals surface area contributed by atoms with Crippen molar-refractivity contribution in [2.75, 3.05) is 0 Å². The van der Waals surface area contributed by atoms with Gasteiger partial charge in [0.1, 0.15) is 5.75 Å². The molecule has 0 spiro atoms. The molecule has 1 N–H and O–H groups in total. The summed E-state index contributed by atoms with van der Waals surface area (Å²) >= 11 is 0. The van der Waals surface area contributed by atoms with Gasteiger partial charge in [0.2, 0.25) is 0 Å². The normalized spacial score (nSPS) is 11.6. The highest BCUT2D eigenvalue weighted by Gasteiger charge is 2.31. The number of phenolic OH excluding ortho intramolecular Hbond substituents is 1. The van der Waals surface area contributed by atoms with Gasteiger partial charge in [0, 0.05) is 5.56 Å². The fraction of sp³-hybridized carbons (Fsp3) is 0.143. The maximum atomic E-state index is 12.4. The van der Waals surface area contributed by atoms with Crippen LogP contribution in [0.4, 0.5) is 13.2 Å². The molecule has 94 valence electrons. The molecule has 0 saturated carbocycles. The van der Waals surface area contributed by atoms with E-state index < -0.39 is 11.7 Å². The number of halogens is 3. The van der Waals surface area contributed by atoms with Crippen LogP contribution in [0.3, 0.4) is 0 Å². The van der Waals surface area contributed by atoms with E-state index in [4.69, 9.17) is 0 Å². The summed E-state index contributed by atoms with van der Waals surface area (Å²) in [6, 6.07) is 10.2. The van der Waals surface area contributed by atoms with E-state index in [2.05, 4.69) is 0 Å². The topological polar surface area (TPSA) is 20.2 Å². The molecule has 0 aliphatic heterocycles. The third-order valence-electron chi connectivity index (χ3n) is 2.69.